The molecule has 2 N–H and O–H groups in total. The molecule has 0 aromatic heterocycles. The highest BCUT2D eigenvalue weighted by molar-refractivity contribution is 5.36. The van der Waals surface area contributed by atoms with E-state index in [1.165, 1.54) is 23.1 Å². The minimum Gasteiger partial charge on any atom is -0.254 e. The molecule has 2 heteroatoms. The van der Waals surface area contributed by atoms with Crippen LogP contribution in [0.4, 0.5) is 0 Å². The maximum Gasteiger partial charge on any atom is 0.0482 e. The molecule has 0 bridgehead atoms. The van der Waals surface area contributed by atoms with E-state index in [0.717, 1.165) is 0 Å². The molecule has 1 heterocycles. The Morgan fingerprint density at radius 3 is 2.29 bits per heavy atom. The Balaban J connectivity index is 2.31. The van der Waals surface area contributed by atoms with E-state index in [4.69, 9.17) is 0 Å². The minimum absolute atomic E-state index is 0.478. The summed E-state index contributed by atoms with van der Waals surface area (Å²) in [6.07, 6.45) is 1.17. The number of aryl methyl sites for hydroxylation is 2. The molecule has 76 valence electrons. The molecule has 2 rings (SSSR count). The van der Waals surface area contributed by atoms with Crippen molar-refractivity contribution in [1.29, 1.82) is 0 Å². The third kappa shape index (κ3) is 1.68. The third-order valence-electron chi connectivity index (χ3n) is 2.98. The van der Waals surface area contributed by atoms with Gasteiger partial charge < -0.3 is 0 Å². The zero-order valence-electron chi connectivity index (χ0n) is 9.09. The van der Waals surface area contributed by atoms with Crippen molar-refractivity contribution in [2.75, 3.05) is 0 Å². The lowest BCUT2D eigenvalue weighted by Crippen LogP contribution is -2.29. The van der Waals surface area contributed by atoms with Crippen LogP contribution in [-0.4, -0.2) is 6.04 Å². The summed E-state index contributed by atoms with van der Waals surface area (Å²) in [5.41, 5.74) is 10.9. The van der Waals surface area contributed by atoms with Gasteiger partial charge in [-0.3, -0.25) is 10.9 Å². The van der Waals surface area contributed by atoms with Gasteiger partial charge >= 0.3 is 0 Å². The Labute approximate surface area is 85.7 Å². The molecule has 0 aliphatic carbocycles. The molecule has 2 unspecified atom stereocenters. The first-order valence-corrected chi connectivity index (χ1v) is 5.25. The van der Waals surface area contributed by atoms with Crippen molar-refractivity contribution in [3.63, 3.8) is 0 Å². The molecule has 1 aromatic rings. The lowest BCUT2D eigenvalue weighted by atomic mass is 9.94. The largest absolute Gasteiger partial charge is 0.254 e. The predicted octanol–water partition coefficient (Wildman–Crippen LogP) is 2.23. The zero-order valence-corrected chi connectivity index (χ0v) is 9.09. The first-order valence-electron chi connectivity index (χ1n) is 5.25. The van der Waals surface area contributed by atoms with E-state index >= 15 is 0 Å². The van der Waals surface area contributed by atoms with Crippen LogP contribution in [0.15, 0.2) is 18.2 Å². The fourth-order valence-corrected chi connectivity index (χ4v) is 2.28. The molecule has 0 spiro atoms. The van der Waals surface area contributed by atoms with Gasteiger partial charge in [-0.05, 0) is 43.9 Å². The van der Waals surface area contributed by atoms with E-state index in [0.29, 0.717) is 12.1 Å². The lowest BCUT2D eigenvalue weighted by molar-refractivity contribution is 0.558. The van der Waals surface area contributed by atoms with Crippen LogP contribution in [0, 0.1) is 13.8 Å². The van der Waals surface area contributed by atoms with Crippen LogP contribution in [0.3, 0.4) is 0 Å². The van der Waals surface area contributed by atoms with Crippen LogP contribution in [0.25, 0.3) is 0 Å². The molecule has 2 nitrogen and oxygen atoms in total. The SMILES string of the molecule is Cc1cccc(C)c1C1CC(C)NN1. The van der Waals surface area contributed by atoms with E-state index in [-0.39, 0.29) is 0 Å². The molecule has 0 radical (unpaired) electrons. The molecule has 2 atom stereocenters. The lowest BCUT2D eigenvalue weighted by Gasteiger charge is -2.15. The van der Waals surface area contributed by atoms with Gasteiger partial charge in [0.05, 0.1) is 0 Å². The van der Waals surface area contributed by atoms with E-state index in [2.05, 4.69) is 49.8 Å². The minimum atomic E-state index is 0.478. The molecular formula is C12H18N2. The van der Waals surface area contributed by atoms with Gasteiger partial charge in [0.15, 0.2) is 0 Å². The quantitative estimate of drug-likeness (QED) is 0.709. The van der Waals surface area contributed by atoms with Gasteiger partial charge in [0, 0.05) is 12.1 Å². The van der Waals surface area contributed by atoms with Crippen LogP contribution in [0.1, 0.15) is 36.1 Å². The molecule has 0 saturated carbocycles. The standard InChI is InChI=1S/C12H18N2/c1-8-5-4-6-9(2)12(8)11-7-10(3)13-14-11/h4-6,10-11,13-14H,7H2,1-3H3. The highest BCUT2D eigenvalue weighted by Crippen LogP contribution is 2.27. The monoisotopic (exact) mass is 190 g/mol. The fraction of sp³-hybridized carbons (Fsp3) is 0.500. The second kappa shape index (κ2) is 3.71. The van der Waals surface area contributed by atoms with Gasteiger partial charge in [0.1, 0.15) is 0 Å². The maximum absolute atomic E-state index is 3.35. The Kier molecular flexibility index (Phi) is 2.57. The van der Waals surface area contributed by atoms with Gasteiger partial charge in [-0.15, -0.1) is 0 Å². The second-order valence-electron chi connectivity index (χ2n) is 4.28. The third-order valence-corrected chi connectivity index (χ3v) is 2.98. The molecule has 1 aliphatic rings. The van der Waals surface area contributed by atoms with E-state index in [1.54, 1.807) is 0 Å². The molecule has 0 amide bonds. The number of hydrogen-bond acceptors (Lipinski definition) is 2. The van der Waals surface area contributed by atoms with Gasteiger partial charge in [-0.25, -0.2) is 0 Å². The fourth-order valence-electron chi connectivity index (χ4n) is 2.28. The van der Waals surface area contributed by atoms with Crippen molar-refractivity contribution in [3.05, 3.63) is 34.9 Å². The topological polar surface area (TPSA) is 24.1 Å². The Bertz CT molecular complexity index is 313. The molecular weight excluding hydrogens is 172 g/mol. The van der Waals surface area contributed by atoms with Crippen LogP contribution in [0.5, 0.6) is 0 Å². The number of nitrogens with one attached hydrogen (secondary N) is 2. The van der Waals surface area contributed by atoms with Crippen molar-refractivity contribution in [2.24, 2.45) is 0 Å². The Morgan fingerprint density at radius 2 is 1.79 bits per heavy atom. The maximum atomic E-state index is 3.35. The van der Waals surface area contributed by atoms with Crippen molar-refractivity contribution in [1.82, 2.24) is 10.9 Å². The van der Waals surface area contributed by atoms with Crippen molar-refractivity contribution < 1.29 is 0 Å². The molecule has 1 aromatic carbocycles. The van der Waals surface area contributed by atoms with Gasteiger partial charge in [0.2, 0.25) is 0 Å². The Morgan fingerprint density at radius 1 is 1.14 bits per heavy atom. The zero-order chi connectivity index (χ0) is 10.1. The Hall–Kier alpha value is -0.860. The second-order valence-corrected chi connectivity index (χ2v) is 4.28. The van der Waals surface area contributed by atoms with Gasteiger partial charge in [-0.1, -0.05) is 18.2 Å². The number of hydrazine groups is 1. The number of hydrogen-bond donors (Lipinski definition) is 2. The van der Waals surface area contributed by atoms with E-state index < -0.39 is 0 Å². The van der Waals surface area contributed by atoms with Crippen LogP contribution in [-0.2, 0) is 0 Å². The normalized spacial score (nSPS) is 26.8. The van der Waals surface area contributed by atoms with Crippen LogP contribution in [0.2, 0.25) is 0 Å². The summed E-state index contributed by atoms with van der Waals surface area (Å²) in [6.45, 7) is 6.58. The molecule has 1 fully saturated rings. The first kappa shape index (κ1) is 9.69. The summed E-state index contributed by atoms with van der Waals surface area (Å²) in [4.78, 5) is 0. The summed E-state index contributed by atoms with van der Waals surface area (Å²) < 4.78 is 0. The summed E-state index contributed by atoms with van der Waals surface area (Å²) in [5.74, 6) is 0. The van der Waals surface area contributed by atoms with Gasteiger partial charge in [-0.2, -0.15) is 0 Å². The van der Waals surface area contributed by atoms with Crippen LogP contribution >= 0.6 is 0 Å². The smallest absolute Gasteiger partial charge is 0.0482 e. The summed E-state index contributed by atoms with van der Waals surface area (Å²) in [5, 5.41) is 0. The van der Waals surface area contributed by atoms with Crippen molar-refractivity contribution in [3.8, 4) is 0 Å². The molecule has 14 heavy (non-hydrogen) atoms. The van der Waals surface area contributed by atoms with Crippen LogP contribution < -0.4 is 10.9 Å². The first-order chi connectivity index (χ1) is 6.68. The molecule has 1 saturated heterocycles. The van der Waals surface area contributed by atoms with Gasteiger partial charge in [0.25, 0.3) is 0 Å². The van der Waals surface area contributed by atoms with Crippen molar-refractivity contribution in [2.45, 2.75) is 39.3 Å². The van der Waals surface area contributed by atoms with E-state index in [9.17, 15) is 0 Å². The highest BCUT2D eigenvalue weighted by atomic mass is 15.4. The molecule has 1 aliphatic heterocycles. The highest BCUT2D eigenvalue weighted by Gasteiger charge is 2.23. The summed E-state index contributed by atoms with van der Waals surface area (Å²) >= 11 is 0. The number of rotatable bonds is 1. The summed E-state index contributed by atoms with van der Waals surface area (Å²) in [6, 6.07) is 7.55. The van der Waals surface area contributed by atoms with E-state index in [1.807, 2.05) is 0 Å². The predicted molar refractivity (Wildman–Crippen MR) is 59.0 cm³/mol. The number of benzene rings is 1. The van der Waals surface area contributed by atoms with Crippen molar-refractivity contribution >= 4 is 0 Å². The average molecular weight is 190 g/mol. The summed E-state index contributed by atoms with van der Waals surface area (Å²) in [7, 11) is 0. The average Bonchev–Trinajstić information content (AvgIpc) is 2.51.